The minimum Gasteiger partial charge on any atom is -0.377 e. The minimum atomic E-state index is -4.65. The summed E-state index contributed by atoms with van der Waals surface area (Å²) in [6, 6.07) is 12.0. The number of unbranched alkanes of at least 4 members (excludes halogenated alkanes) is 1. The van der Waals surface area contributed by atoms with E-state index in [4.69, 9.17) is 14.3 Å². The quantitative estimate of drug-likeness (QED) is 0.212. The molecule has 1 N–H and O–H groups in total. The molecule has 5 rings (SSSR count). The minimum absolute atomic E-state index is 0.0260. The third kappa shape index (κ3) is 8.04. The van der Waals surface area contributed by atoms with Crippen LogP contribution in [-0.2, 0) is 37.5 Å². The highest BCUT2D eigenvalue weighted by Gasteiger charge is 2.51. The number of carbonyl (C=O) groups excluding carboxylic acids is 2. The number of aromatic nitrogens is 1. The molecule has 0 saturated carbocycles. The van der Waals surface area contributed by atoms with Crippen LogP contribution in [0.4, 0.5) is 19.0 Å². The largest absolute Gasteiger partial charge is 0.397 e. The summed E-state index contributed by atoms with van der Waals surface area (Å²) in [5, 5.41) is 3.84. The number of halogens is 3. The summed E-state index contributed by atoms with van der Waals surface area (Å²) in [5.74, 6) is -0.274. The number of benzene rings is 2. The number of aliphatic imine (C=N–C) groups is 1. The number of piperidine rings is 1. The number of rotatable bonds is 13. The lowest BCUT2D eigenvalue weighted by Crippen LogP contribution is -2.55. The highest BCUT2D eigenvalue weighted by Crippen LogP contribution is 2.37. The fourth-order valence-corrected chi connectivity index (χ4v) is 7.63. The molecule has 1 spiro atoms. The van der Waals surface area contributed by atoms with Crippen LogP contribution >= 0.6 is 0 Å². The van der Waals surface area contributed by atoms with Gasteiger partial charge in [-0.2, -0.15) is 13.2 Å². The lowest BCUT2D eigenvalue weighted by Gasteiger charge is -2.37. The fourth-order valence-electron chi connectivity index (χ4n) is 6.35. The first kappa shape index (κ1) is 37.0. The maximum absolute atomic E-state index is 14.1. The van der Waals surface area contributed by atoms with Crippen molar-refractivity contribution in [1.29, 1.82) is 0 Å². The molecule has 1 aromatic heterocycles. The summed E-state index contributed by atoms with van der Waals surface area (Å²) in [7, 11) is -4.10. The maximum atomic E-state index is 14.1. The van der Waals surface area contributed by atoms with Crippen LogP contribution in [-0.4, -0.2) is 72.4 Å². The first-order chi connectivity index (χ1) is 23.7. The molecule has 270 valence electrons. The topological polar surface area (TPSA) is 134 Å². The predicted octanol–water partition coefficient (Wildman–Crippen LogP) is 6.54. The first-order valence-corrected chi connectivity index (χ1v) is 18.2. The van der Waals surface area contributed by atoms with Gasteiger partial charge in [0.2, 0.25) is 5.91 Å². The normalized spacial score (nSPS) is 18.2. The summed E-state index contributed by atoms with van der Waals surface area (Å²) >= 11 is 0. The van der Waals surface area contributed by atoms with Crippen molar-refractivity contribution in [1.82, 2.24) is 15.0 Å². The van der Waals surface area contributed by atoms with E-state index >= 15 is 0 Å². The van der Waals surface area contributed by atoms with Gasteiger partial charge >= 0.3 is 6.18 Å². The molecule has 11 nitrogen and oxygen atoms in total. The van der Waals surface area contributed by atoms with E-state index in [0.717, 1.165) is 23.3 Å². The van der Waals surface area contributed by atoms with Crippen LogP contribution in [0.3, 0.4) is 0 Å². The summed E-state index contributed by atoms with van der Waals surface area (Å²) in [5.41, 5.74) is 1.71. The Hall–Kier alpha value is -4.24. The molecular weight excluding hydrogens is 675 g/mol. The number of nitrogens with one attached hydrogen (secondary N) is 1. The average Bonchev–Trinajstić information content (AvgIpc) is 3.51. The number of aryl methyl sites for hydroxylation is 1. The number of ether oxygens (including phenoxy) is 1. The summed E-state index contributed by atoms with van der Waals surface area (Å²) in [6.45, 7) is 7.88. The smallest absolute Gasteiger partial charge is 0.377 e. The number of amidine groups is 1. The standard InChI is InChI=1S/C35H42F3N5O6S/c1-5-7-13-30-39-34(16-10-17-42(22-34)31(44)19-35(36,37)38)33(45)43(30)20-25-14-15-27(26(18-25)21-48-6-2)28-11-8-9-12-29(28)50(46,47)41-32-23(3)24(4)49-40-32/h8-9,11-12,14-15,18H,5-7,10,13,16-17,19-22H2,1-4H3,(H,40,41)/t34-/m0/s1. The molecule has 50 heavy (non-hydrogen) atoms. The fraction of sp³-hybridized carbons (Fsp3) is 0.486. The summed E-state index contributed by atoms with van der Waals surface area (Å²) in [4.78, 5) is 34.2. The Balaban J connectivity index is 1.46. The van der Waals surface area contributed by atoms with E-state index in [9.17, 15) is 31.2 Å². The molecule has 15 heteroatoms. The molecule has 1 fully saturated rings. The molecule has 0 radical (unpaired) electrons. The highest BCUT2D eigenvalue weighted by atomic mass is 32.2. The van der Waals surface area contributed by atoms with Crippen LogP contribution in [0, 0.1) is 13.8 Å². The van der Waals surface area contributed by atoms with Crippen LogP contribution in [0.15, 0.2) is 56.9 Å². The summed E-state index contributed by atoms with van der Waals surface area (Å²) in [6.07, 6.45) is -3.47. The molecule has 1 atom stereocenters. The van der Waals surface area contributed by atoms with Gasteiger partial charge in [-0.15, -0.1) is 0 Å². The molecule has 2 amide bonds. The van der Waals surface area contributed by atoms with Crippen molar-refractivity contribution >= 4 is 33.5 Å². The van der Waals surface area contributed by atoms with Crippen molar-refractivity contribution in [3.63, 3.8) is 0 Å². The molecule has 0 aliphatic carbocycles. The van der Waals surface area contributed by atoms with Crippen molar-refractivity contribution in [2.24, 2.45) is 4.99 Å². The molecule has 1 saturated heterocycles. The van der Waals surface area contributed by atoms with Crippen molar-refractivity contribution in [2.75, 3.05) is 24.4 Å². The Labute approximate surface area is 289 Å². The number of alkyl halides is 3. The van der Waals surface area contributed by atoms with Crippen LogP contribution in [0.25, 0.3) is 11.1 Å². The average molecular weight is 718 g/mol. The van der Waals surface area contributed by atoms with E-state index in [2.05, 4.69) is 9.88 Å². The van der Waals surface area contributed by atoms with E-state index in [1.165, 1.54) is 6.07 Å². The van der Waals surface area contributed by atoms with Crippen LogP contribution in [0.2, 0.25) is 0 Å². The Morgan fingerprint density at radius 1 is 1.12 bits per heavy atom. The molecular formula is C35H42F3N5O6S. The molecule has 2 aliphatic heterocycles. The van der Waals surface area contributed by atoms with Crippen molar-refractivity contribution in [3.05, 3.63) is 64.9 Å². The lowest BCUT2D eigenvalue weighted by atomic mass is 9.88. The van der Waals surface area contributed by atoms with Gasteiger partial charge in [0.25, 0.3) is 15.9 Å². The van der Waals surface area contributed by atoms with Crippen LogP contribution < -0.4 is 4.72 Å². The van der Waals surface area contributed by atoms with Crippen molar-refractivity contribution < 1.29 is 40.4 Å². The van der Waals surface area contributed by atoms with Gasteiger partial charge in [0.15, 0.2) is 11.4 Å². The van der Waals surface area contributed by atoms with Crippen molar-refractivity contribution in [3.8, 4) is 11.1 Å². The van der Waals surface area contributed by atoms with Gasteiger partial charge in [0.1, 0.15) is 18.0 Å². The number of sulfonamides is 1. The van der Waals surface area contributed by atoms with Crippen molar-refractivity contribution in [2.45, 2.75) is 96.0 Å². The Kier molecular flexibility index (Phi) is 11.1. The number of likely N-dealkylation sites (tertiary alicyclic amines) is 1. The molecule has 0 bridgehead atoms. The second-order valence-electron chi connectivity index (χ2n) is 12.7. The SMILES string of the molecule is CCCCC1=N[C@]2(CCCN(C(=O)CC(F)(F)F)C2)C(=O)N1Cc1ccc(-c2ccccc2S(=O)(=O)Nc2noc(C)c2C)c(COCC)c1. The van der Waals surface area contributed by atoms with E-state index in [1.54, 1.807) is 43.0 Å². The van der Waals surface area contributed by atoms with Gasteiger partial charge in [-0.3, -0.25) is 24.2 Å². The van der Waals surface area contributed by atoms with E-state index in [1.807, 2.05) is 26.0 Å². The Morgan fingerprint density at radius 3 is 2.56 bits per heavy atom. The highest BCUT2D eigenvalue weighted by molar-refractivity contribution is 7.92. The van der Waals surface area contributed by atoms with Gasteiger partial charge in [-0.1, -0.05) is 54.9 Å². The van der Waals surface area contributed by atoms with E-state index in [0.29, 0.717) is 59.7 Å². The number of hydrogen-bond donors (Lipinski definition) is 1. The predicted molar refractivity (Wildman–Crippen MR) is 181 cm³/mol. The number of carbonyl (C=O) groups is 2. The monoisotopic (exact) mass is 717 g/mol. The zero-order valence-electron chi connectivity index (χ0n) is 28.6. The number of anilines is 1. The van der Waals surface area contributed by atoms with Gasteiger partial charge in [-0.05, 0) is 62.8 Å². The van der Waals surface area contributed by atoms with Gasteiger partial charge in [0, 0.05) is 30.7 Å². The molecule has 2 aromatic carbocycles. The number of hydrogen-bond acceptors (Lipinski definition) is 8. The second kappa shape index (κ2) is 14.9. The molecule has 3 aromatic rings. The van der Waals surface area contributed by atoms with Crippen LogP contribution in [0.5, 0.6) is 0 Å². The van der Waals surface area contributed by atoms with E-state index in [-0.39, 0.29) is 42.9 Å². The third-order valence-corrected chi connectivity index (χ3v) is 10.5. The van der Waals surface area contributed by atoms with Gasteiger partial charge < -0.3 is 14.2 Å². The zero-order chi connectivity index (χ0) is 36.3. The van der Waals surface area contributed by atoms with Crippen LogP contribution in [0.1, 0.15) is 74.8 Å². The number of amides is 2. The Bertz CT molecular complexity index is 1880. The zero-order valence-corrected chi connectivity index (χ0v) is 29.4. The molecule has 3 heterocycles. The van der Waals surface area contributed by atoms with Gasteiger partial charge in [0.05, 0.1) is 24.6 Å². The Morgan fingerprint density at radius 2 is 1.88 bits per heavy atom. The molecule has 2 aliphatic rings. The van der Waals surface area contributed by atoms with E-state index < -0.39 is 34.1 Å². The lowest BCUT2D eigenvalue weighted by molar-refractivity contribution is -0.163. The second-order valence-corrected chi connectivity index (χ2v) is 14.4. The number of nitrogens with zero attached hydrogens (tertiary/aromatic N) is 4. The maximum Gasteiger partial charge on any atom is 0.397 e. The molecule has 0 unspecified atom stereocenters. The third-order valence-electron chi connectivity index (χ3n) is 9.05. The summed E-state index contributed by atoms with van der Waals surface area (Å²) < 4.78 is 79.9. The van der Waals surface area contributed by atoms with Gasteiger partial charge in [-0.25, -0.2) is 8.42 Å². The first-order valence-electron chi connectivity index (χ1n) is 16.7.